The Morgan fingerprint density at radius 3 is 1.93 bits per heavy atom. The lowest BCUT2D eigenvalue weighted by Crippen LogP contribution is -2.21. The van der Waals surface area contributed by atoms with Gasteiger partial charge in [0, 0.05) is 11.1 Å². The van der Waals surface area contributed by atoms with Crippen molar-refractivity contribution in [1.82, 2.24) is 0 Å². The number of rotatable bonds is 3. The Labute approximate surface area is 173 Å². The maximum Gasteiger partial charge on any atom is 0.234 e. The second kappa shape index (κ2) is 6.85. The van der Waals surface area contributed by atoms with Crippen LogP contribution >= 0.6 is 0 Å². The molecule has 0 aromatic heterocycles. The van der Waals surface area contributed by atoms with Crippen molar-refractivity contribution >= 4 is 22.3 Å². The monoisotopic (exact) mass is 394 g/mol. The van der Waals surface area contributed by atoms with Crippen LogP contribution in [0.25, 0.3) is 33.0 Å². The molecule has 0 N–H and O–H groups in total. The lowest BCUT2D eigenvalue weighted by molar-refractivity contribution is 0.0816. The zero-order valence-corrected chi connectivity index (χ0v) is 16.6. The SMILES string of the molecule is COc1ccc(-c2cc3c(c4cc(OC)ccc24)C(=O)C(=O)c2ccccc2-3)cc1. The van der Waals surface area contributed by atoms with Gasteiger partial charge >= 0.3 is 0 Å². The third-order valence-corrected chi connectivity index (χ3v) is 5.64. The molecule has 0 radical (unpaired) electrons. The minimum Gasteiger partial charge on any atom is -0.497 e. The first kappa shape index (κ1) is 18.1. The van der Waals surface area contributed by atoms with E-state index in [1.165, 1.54) is 0 Å². The number of carbonyl (C=O) groups is 2. The fourth-order valence-electron chi connectivity index (χ4n) is 4.15. The highest BCUT2D eigenvalue weighted by molar-refractivity contribution is 6.54. The van der Waals surface area contributed by atoms with Crippen LogP contribution in [0.1, 0.15) is 20.7 Å². The van der Waals surface area contributed by atoms with Crippen molar-refractivity contribution in [2.45, 2.75) is 0 Å². The summed E-state index contributed by atoms with van der Waals surface area (Å²) in [5.74, 6) is 0.451. The molecule has 0 bridgehead atoms. The van der Waals surface area contributed by atoms with Gasteiger partial charge in [-0.3, -0.25) is 9.59 Å². The molecule has 5 rings (SSSR count). The highest BCUT2D eigenvalue weighted by Gasteiger charge is 2.32. The van der Waals surface area contributed by atoms with Gasteiger partial charge < -0.3 is 9.47 Å². The summed E-state index contributed by atoms with van der Waals surface area (Å²) in [6.45, 7) is 0. The smallest absolute Gasteiger partial charge is 0.234 e. The fraction of sp³-hybridized carbons (Fsp3) is 0.0769. The fourth-order valence-corrected chi connectivity index (χ4v) is 4.15. The van der Waals surface area contributed by atoms with Crippen molar-refractivity contribution in [2.24, 2.45) is 0 Å². The molecule has 146 valence electrons. The maximum atomic E-state index is 13.1. The number of hydrogen-bond acceptors (Lipinski definition) is 4. The number of hydrogen-bond donors (Lipinski definition) is 0. The van der Waals surface area contributed by atoms with Crippen molar-refractivity contribution in [2.75, 3.05) is 14.2 Å². The highest BCUT2D eigenvalue weighted by atomic mass is 16.5. The third-order valence-electron chi connectivity index (χ3n) is 5.64. The van der Waals surface area contributed by atoms with Crippen LogP contribution < -0.4 is 9.47 Å². The minimum atomic E-state index is -0.483. The molecule has 0 unspecified atom stereocenters. The topological polar surface area (TPSA) is 52.6 Å². The second-order valence-corrected chi connectivity index (χ2v) is 7.19. The average molecular weight is 394 g/mol. The molecule has 0 amide bonds. The number of ether oxygens (including phenoxy) is 2. The van der Waals surface area contributed by atoms with Crippen LogP contribution in [-0.4, -0.2) is 25.8 Å². The van der Waals surface area contributed by atoms with E-state index < -0.39 is 11.6 Å². The van der Waals surface area contributed by atoms with Gasteiger partial charge in [0.2, 0.25) is 11.6 Å². The summed E-state index contributed by atoms with van der Waals surface area (Å²) in [4.78, 5) is 25.9. The highest BCUT2D eigenvalue weighted by Crippen LogP contribution is 2.43. The molecular formula is C26H18O4. The van der Waals surface area contributed by atoms with E-state index in [4.69, 9.17) is 9.47 Å². The number of Topliss-reactive ketones (excluding diaryl/α,β-unsaturated/α-hetero) is 2. The Morgan fingerprint density at radius 1 is 0.567 bits per heavy atom. The molecule has 0 fully saturated rings. The standard InChI is InChI=1S/C26H18O4/c1-29-16-9-7-15(8-10-16)21-14-23-18-5-3-4-6-20(18)25(27)26(28)24(23)22-13-17(30-2)11-12-19(21)22/h3-14H,1-2H3. The third kappa shape index (κ3) is 2.61. The van der Waals surface area contributed by atoms with Gasteiger partial charge in [-0.2, -0.15) is 0 Å². The minimum absolute atomic E-state index is 0.435. The zero-order valence-electron chi connectivity index (χ0n) is 16.6. The first-order valence-electron chi connectivity index (χ1n) is 9.60. The van der Waals surface area contributed by atoms with E-state index in [2.05, 4.69) is 0 Å². The Morgan fingerprint density at radius 2 is 1.23 bits per heavy atom. The van der Waals surface area contributed by atoms with E-state index in [0.717, 1.165) is 33.4 Å². The lowest BCUT2D eigenvalue weighted by Gasteiger charge is -2.22. The second-order valence-electron chi connectivity index (χ2n) is 7.19. The van der Waals surface area contributed by atoms with E-state index in [1.54, 1.807) is 26.4 Å². The number of benzene rings is 4. The first-order valence-corrected chi connectivity index (χ1v) is 9.60. The van der Waals surface area contributed by atoms with Gasteiger partial charge in [-0.1, -0.05) is 42.5 Å². The molecule has 4 aromatic rings. The van der Waals surface area contributed by atoms with Gasteiger partial charge in [0.25, 0.3) is 0 Å². The van der Waals surface area contributed by atoms with Crippen LogP contribution in [0.4, 0.5) is 0 Å². The van der Waals surface area contributed by atoms with E-state index >= 15 is 0 Å². The Kier molecular flexibility index (Phi) is 4.14. The molecule has 0 spiro atoms. The van der Waals surface area contributed by atoms with Gasteiger partial charge in [-0.05, 0) is 63.4 Å². The molecule has 0 aliphatic heterocycles. The average Bonchev–Trinajstić information content (AvgIpc) is 2.81. The van der Waals surface area contributed by atoms with Crippen LogP contribution in [0.5, 0.6) is 11.5 Å². The van der Waals surface area contributed by atoms with Crippen LogP contribution in [-0.2, 0) is 0 Å². The summed E-state index contributed by atoms with van der Waals surface area (Å²) in [6, 6.07) is 22.7. The molecule has 0 atom stereocenters. The van der Waals surface area contributed by atoms with Crippen molar-refractivity contribution in [3.8, 4) is 33.8 Å². The van der Waals surface area contributed by atoms with Gasteiger partial charge in [0.15, 0.2) is 0 Å². The molecule has 1 aliphatic rings. The predicted molar refractivity (Wildman–Crippen MR) is 117 cm³/mol. The molecule has 0 saturated heterocycles. The summed E-state index contributed by atoms with van der Waals surface area (Å²) in [5.41, 5.74) is 4.39. The number of carbonyl (C=O) groups excluding carboxylic acids is 2. The molecule has 0 heterocycles. The molecule has 0 saturated carbocycles. The first-order chi connectivity index (χ1) is 14.6. The largest absolute Gasteiger partial charge is 0.497 e. The van der Waals surface area contributed by atoms with Gasteiger partial charge in [-0.25, -0.2) is 0 Å². The summed E-state index contributed by atoms with van der Waals surface area (Å²) in [6.07, 6.45) is 0. The normalized spacial score (nSPS) is 12.5. The molecular weight excluding hydrogens is 376 g/mol. The summed E-state index contributed by atoms with van der Waals surface area (Å²) in [5, 5.41) is 1.60. The van der Waals surface area contributed by atoms with Crippen molar-refractivity contribution in [3.63, 3.8) is 0 Å². The summed E-state index contributed by atoms with van der Waals surface area (Å²) in [7, 11) is 3.22. The van der Waals surface area contributed by atoms with Crippen LogP contribution in [0.15, 0.2) is 72.8 Å². The number of fused-ring (bicyclic) bond motifs is 5. The van der Waals surface area contributed by atoms with Gasteiger partial charge in [0.05, 0.1) is 14.2 Å². The Balaban J connectivity index is 1.90. The molecule has 30 heavy (non-hydrogen) atoms. The molecule has 4 nitrogen and oxygen atoms in total. The van der Waals surface area contributed by atoms with Crippen molar-refractivity contribution < 1.29 is 19.1 Å². The lowest BCUT2D eigenvalue weighted by atomic mass is 9.79. The van der Waals surface area contributed by atoms with E-state index in [-0.39, 0.29) is 0 Å². The zero-order chi connectivity index (χ0) is 20.8. The van der Waals surface area contributed by atoms with E-state index in [1.807, 2.05) is 60.7 Å². The number of methoxy groups -OCH3 is 2. The number of ketones is 2. The quantitative estimate of drug-likeness (QED) is 0.426. The van der Waals surface area contributed by atoms with Crippen LogP contribution in [0.2, 0.25) is 0 Å². The maximum absolute atomic E-state index is 13.1. The van der Waals surface area contributed by atoms with Crippen molar-refractivity contribution in [3.05, 3.63) is 83.9 Å². The van der Waals surface area contributed by atoms with E-state index in [9.17, 15) is 9.59 Å². The summed E-state index contributed by atoms with van der Waals surface area (Å²) >= 11 is 0. The van der Waals surface area contributed by atoms with E-state index in [0.29, 0.717) is 22.3 Å². The molecule has 4 aromatic carbocycles. The Bertz CT molecular complexity index is 1330. The molecule has 1 aliphatic carbocycles. The Hall–Kier alpha value is -3.92. The van der Waals surface area contributed by atoms with Crippen LogP contribution in [0.3, 0.4) is 0 Å². The predicted octanol–water partition coefficient (Wildman–Crippen LogP) is 5.57. The van der Waals surface area contributed by atoms with Crippen molar-refractivity contribution in [1.29, 1.82) is 0 Å². The van der Waals surface area contributed by atoms with Gasteiger partial charge in [0.1, 0.15) is 11.5 Å². The molecule has 4 heteroatoms. The van der Waals surface area contributed by atoms with Crippen LogP contribution in [0, 0.1) is 0 Å². The summed E-state index contributed by atoms with van der Waals surface area (Å²) < 4.78 is 10.7. The van der Waals surface area contributed by atoms with Gasteiger partial charge in [-0.15, -0.1) is 0 Å².